The van der Waals surface area contributed by atoms with E-state index in [1.54, 1.807) is 24.5 Å². The molecular weight excluding hydrogens is 462 g/mol. The lowest BCUT2D eigenvalue weighted by Crippen LogP contribution is -2.41. The van der Waals surface area contributed by atoms with E-state index < -0.39 is 5.91 Å². The molecule has 4 N–H and O–H groups in total. The molecule has 0 unspecified atom stereocenters. The van der Waals surface area contributed by atoms with Gasteiger partial charge in [-0.3, -0.25) is 19.6 Å². The first kappa shape index (κ1) is 27.2. The van der Waals surface area contributed by atoms with Gasteiger partial charge in [0.05, 0.1) is 39.2 Å². The maximum atomic E-state index is 11.6. The molecule has 3 aromatic rings. The Morgan fingerprint density at radius 2 is 2.08 bits per heavy atom. The van der Waals surface area contributed by atoms with Crippen LogP contribution in [0.25, 0.3) is 11.2 Å². The van der Waals surface area contributed by atoms with E-state index in [-0.39, 0.29) is 6.01 Å². The Kier molecular flexibility index (Phi) is 10.3. The third kappa shape index (κ3) is 6.82. The Labute approximate surface area is 211 Å². The summed E-state index contributed by atoms with van der Waals surface area (Å²) in [6, 6.07) is 7.24. The molecule has 0 spiro atoms. The fraction of sp³-hybridized carbons (Fsp3) is 0.520. The summed E-state index contributed by atoms with van der Waals surface area (Å²) in [5.41, 5.74) is 7.84. The van der Waals surface area contributed by atoms with Gasteiger partial charge in [-0.25, -0.2) is 4.98 Å². The highest BCUT2D eigenvalue weighted by Gasteiger charge is 2.26. The molecule has 11 heteroatoms. The predicted molar refractivity (Wildman–Crippen MR) is 136 cm³/mol. The van der Waals surface area contributed by atoms with Gasteiger partial charge in [-0.2, -0.15) is 0 Å². The first-order valence-corrected chi connectivity index (χ1v) is 12.6. The standard InChI is InChI=1S/C23H31N7O4.C2H6/c1-2-3-11-34-23-27-22-19(21(30(23)32)25-7-8-28-9-12-33-13-10-28)26-16-29(22)15-17-5-4-6-18(14-17)20(24)31;1-2/h4-6,14,16,32H,2-3,7-13,15H2,1H3,(H2,24,31);1-2H3/p+1. The molecule has 0 bridgehead atoms. The largest absolute Gasteiger partial charge is 0.474 e. The van der Waals surface area contributed by atoms with E-state index in [0.29, 0.717) is 42.2 Å². The van der Waals surface area contributed by atoms with Gasteiger partial charge >= 0.3 is 6.01 Å². The molecule has 36 heavy (non-hydrogen) atoms. The van der Waals surface area contributed by atoms with E-state index in [9.17, 15) is 10.0 Å². The van der Waals surface area contributed by atoms with Crippen LogP contribution in [0.15, 0.2) is 30.6 Å². The van der Waals surface area contributed by atoms with Crippen LogP contribution < -0.4 is 20.5 Å². The van der Waals surface area contributed by atoms with Crippen LogP contribution in [0, 0.1) is 0 Å². The molecule has 0 saturated carbocycles. The summed E-state index contributed by atoms with van der Waals surface area (Å²) in [5.74, 6) is -0.0513. The van der Waals surface area contributed by atoms with Crippen molar-refractivity contribution in [2.24, 2.45) is 5.73 Å². The quantitative estimate of drug-likeness (QED) is 0.207. The topological polar surface area (TPSA) is 132 Å². The minimum atomic E-state index is -0.477. The minimum absolute atomic E-state index is 0.0995. The number of amides is 1. The van der Waals surface area contributed by atoms with Crippen LogP contribution in [-0.2, 0) is 11.3 Å². The predicted octanol–water partition coefficient (Wildman–Crippen LogP) is 2.05. The zero-order valence-corrected chi connectivity index (χ0v) is 21.4. The lowest BCUT2D eigenvalue weighted by molar-refractivity contribution is -0.896. The van der Waals surface area contributed by atoms with Crippen molar-refractivity contribution in [1.29, 1.82) is 0 Å². The van der Waals surface area contributed by atoms with Crippen LogP contribution in [0.2, 0.25) is 0 Å². The van der Waals surface area contributed by atoms with Crippen molar-refractivity contribution in [3.63, 3.8) is 0 Å². The number of aromatic nitrogens is 4. The highest BCUT2D eigenvalue weighted by atomic mass is 16.6. The van der Waals surface area contributed by atoms with Crippen LogP contribution >= 0.6 is 0 Å². The second kappa shape index (κ2) is 13.6. The first-order chi connectivity index (χ1) is 17.6. The van der Waals surface area contributed by atoms with E-state index in [1.165, 1.54) is 0 Å². The summed E-state index contributed by atoms with van der Waals surface area (Å²) in [6.45, 7) is 11.6. The molecule has 0 atom stereocenters. The molecule has 1 aliphatic heterocycles. The Morgan fingerprint density at radius 1 is 1.31 bits per heavy atom. The Balaban J connectivity index is 0.00000176. The first-order valence-electron chi connectivity index (χ1n) is 12.6. The van der Waals surface area contributed by atoms with Gasteiger partial charge in [-0.15, -0.1) is 0 Å². The third-order valence-corrected chi connectivity index (χ3v) is 5.75. The summed E-state index contributed by atoms with van der Waals surface area (Å²) in [6.07, 6.45) is 3.47. The summed E-state index contributed by atoms with van der Waals surface area (Å²) >= 11 is 0. The second-order valence-corrected chi connectivity index (χ2v) is 8.25. The fourth-order valence-electron chi connectivity index (χ4n) is 3.85. The minimum Gasteiger partial charge on any atom is -0.438 e. The number of nitrogens with two attached hydrogens (primary N) is 1. The number of fused-ring (bicyclic) bond motifs is 1. The molecule has 0 radical (unpaired) electrons. The number of morpholine rings is 1. The Morgan fingerprint density at radius 3 is 2.81 bits per heavy atom. The summed E-state index contributed by atoms with van der Waals surface area (Å²) in [5, 5.41) is 14.2. The number of benzene rings is 1. The Bertz CT molecular complexity index is 1130. The number of primary amides is 1. The van der Waals surface area contributed by atoms with E-state index in [0.717, 1.165) is 56.0 Å². The van der Waals surface area contributed by atoms with Gasteiger partial charge in [0, 0.05) is 25.2 Å². The van der Waals surface area contributed by atoms with Crippen molar-refractivity contribution < 1.29 is 24.2 Å². The molecule has 196 valence electrons. The van der Waals surface area contributed by atoms with Gasteiger partial charge in [0.25, 0.3) is 5.82 Å². The normalized spacial score (nSPS) is 13.8. The Hall–Kier alpha value is -3.44. The average Bonchev–Trinajstić information content (AvgIpc) is 3.29. The SMILES string of the molecule is CC.CCCCOc1nc2c(ncn2Cc2cccc(C(N)=O)c2)c(NCCN2CCOCC2)[n+]1O. The number of unbranched alkanes of at least 4 members (excludes halogenated alkanes) is 1. The van der Waals surface area contributed by atoms with Crippen LogP contribution in [0.3, 0.4) is 0 Å². The van der Waals surface area contributed by atoms with Crippen LogP contribution in [-0.4, -0.2) is 76.5 Å². The molecule has 2 aromatic heterocycles. The molecule has 3 heterocycles. The summed E-state index contributed by atoms with van der Waals surface area (Å²) < 4.78 is 14.0. The van der Waals surface area contributed by atoms with Gasteiger partial charge in [0.2, 0.25) is 17.1 Å². The van der Waals surface area contributed by atoms with Gasteiger partial charge < -0.3 is 20.4 Å². The fourth-order valence-corrected chi connectivity index (χ4v) is 3.85. The van der Waals surface area contributed by atoms with Crippen LogP contribution in [0.5, 0.6) is 6.01 Å². The van der Waals surface area contributed by atoms with Gasteiger partial charge in [0.15, 0.2) is 0 Å². The number of anilines is 1. The number of ether oxygens (including phenoxy) is 2. The van der Waals surface area contributed by atoms with Crippen molar-refractivity contribution in [2.45, 2.75) is 40.2 Å². The van der Waals surface area contributed by atoms with Crippen LogP contribution in [0.4, 0.5) is 5.82 Å². The molecule has 11 nitrogen and oxygen atoms in total. The highest BCUT2D eigenvalue weighted by Crippen LogP contribution is 2.21. The van der Waals surface area contributed by atoms with Crippen molar-refractivity contribution in [3.05, 3.63) is 41.7 Å². The molecule has 1 fully saturated rings. The molecule has 1 saturated heterocycles. The van der Waals surface area contributed by atoms with Gasteiger partial charge in [0.1, 0.15) is 0 Å². The average molecular weight is 501 g/mol. The zero-order chi connectivity index (χ0) is 25.9. The maximum Gasteiger partial charge on any atom is 0.474 e. The molecule has 1 amide bonds. The van der Waals surface area contributed by atoms with Crippen molar-refractivity contribution >= 4 is 22.9 Å². The van der Waals surface area contributed by atoms with Gasteiger partial charge in [-0.05, 0) is 33.8 Å². The number of hydrogen-bond donors (Lipinski definition) is 3. The lowest BCUT2D eigenvalue weighted by atomic mass is 10.1. The van der Waals surface area contributed by atoms with Crippen LogP contribution in [0.1, 0.15) is 49.5 Å². The third-order valence-electron chi connectivity index (χ3n) is 5.75. The maximum absolute atomic E-state index is 11.6. The van der Waals surface area contributed by atoms with Crippen molar-refractivity contribution in [1.82, 2.24) is 19.4 Å². The number of nitrogens with one attached hydrogen (secondary N) is 1. The van der Waals surface area contributed by atoms with E-state index in [4.69, 9.17) is 15.2 Å². The summed E-state index contributed by atoms with van der Waals surface area (Å²) in [7, 11) is 0. The zero-order valence-electron chi connectivity index (χ0n) is 21.4. The molecule has 1 aliphatic rings. The number of carbonyl (C=O) groups is 1. The number of imidazole rings is 1. The van der Waals surface area contributed by atoms with Gasteiger partial charge in [-0.1, -0.05) is 39.3 Å². The number of rotatable bonds is 11. The number of carbonyl (C=O) groups excluding carboxylic acids is 1. The molecule has 4 rings (SSSR count). The second-order valence-electron chi connectivity index (χ2n) is 8.25. The van der Waals surface area contributed by atoms with E-state index in [1.807, 2.05) is 24.5 Å². The van der Waals surface area contributed by atoms with Crippen molar-refractivity contribution in [3.8, 4) is 6.01 Å². The van der Waals surface area contributed by atoms with E-state index >= 15 is 0 Å². The molecular formula is C25H38N7O4+. The monoisotopic (exact) mass is 500 g/mol. The molecule has 1 aromatic carbocycles. The smallest absolute Gasteiger partial charge is 0.438 e. The van der Waals surface area contributed by atoms with E-state index in [2.05, 4.69) is 27.1 Å². The lowest BCUT2D eigenvalue weighted by Gasteiger charge is -2.25. The molecule has 0 aliphatic carbocycles. The number of nitrogens with zero attached hydrogens (tertiary/aromatic N) is 5. The van der Waals surface area contributed by atoms with Crippen molar-refractivity contribution in [2.75, 3.05) is 51.3 Å². The highest BCUT2D eigenvalue weighted by molar-refractivity contribution is 5.92. The summed E-state index contributed by atoms with van der Waals surface area (Å²) in [4.78, 5) is 22.9. The number of hydrogen-bond acceptors (Lipinski definition) is 8.